The number of hydrogen-bond acceptors (Lipinski definition) is 3. The van der Waals surface area contributed by atoms with E-state index in [-0.39, 0.29) is 11.3 Å². The van der Waals surface area contributed by atoms with Gasteiger partial charge in [-0.3, -0.25) is 0 Å². The van der Waals surface area contributed by atoms with Crippen LogP contribution in [0.4, 0.5) is 13.2 Å². The summed E-state index contributed by atoms with van der Waals surface area (Å²) >= 11 is 0. The standard InChI is InChI=1S/C80H56F3N5/c1-49-20-11-15-28-60(49)55-34-39-71-66(44-55)67-45-56(61-29-16-12-21-50(61)2)35-40-72(67)87(71)70-43-38-59(79-85-77(53-24-7-5-8-25-53)84-78(86-79)54-26-9-6-10-27-54)48-65(70)64-32-19-33-75(76(64)80(81,82)83)88-73-41-36-57(62-30-17-13-22-51(62)3)46-68(73)69-47-58(37-42-74(69)88)63-31-18-14-23-52(63)4/h5-48H,1-4H3. The van der Waals surface area contributed by atoms with Crippen LogP contribution in [0.1, 0.15) is 27.8 Å². The Hall–Kier alpha value is -11.0. The molecule has 0 amide bonds. The third-order valence-corrected chi connectivity index (χ3v) is 17.4. The zero-order valence-corrected chi connectivity index (χ0v) is 48.8. The summed E-state index contributed by atoms with van der Waals surface area (Å²) in [7, 11) is 0. The van der Waals surface area contributed by atoms with Crippen molar-refractivity contribution in [1.29, 1.82) is 0 Å². The van der Waals surface area contributed by atoms with Crippen molar-refractivity contribution < 1.29 is 13.2 Å². The Balaban J connectivity index is 1.03. The molecule has 0 aliphatic carbocycles. The molecule has 0 atom stereocenters. The van der Waals surface area contributed by atoms with E-state index in [0.717, 1.165) is 110 Å². The van der Waals surface area contributed by atoms with Gasteiger partial charge in [0, 0.05) is 43.8 Å². The molecule has 8 heteroatoms. The number of benzene rings is 12. The van der Waals surface area contributed by atoms with Crippen LogP contribution in [0.5, 0.6) is 0 Å². The molecule has 0 saturated heterocycles. The molecule has 5 nitrogen and oxygen atoms in total. The van der Waals surface area contributed by atoms with Gasteiger partial charge in [0.05, 0.1) is 39.0 Å². The molecule has 0 unspecified atom stereocenters. The summed E-state index contributed by atoms with van der Waals surface area (Å²) in [6.07, 6.45) is -4.88. The molecule has 15 aromatic rings. The Morgan fingerprint density at radius 3 is 0.943 bits per heavy atom. The van der Waals surface area contributed by atoms with Gasteiger partial charge in [0.15, 0.2) is 17.5 Å². The van der Waals surface area contributed by atoms with Crippen LogP contribution in [0.2, 0.25) is 0 Å². The quantitative estimate of drug-likeness (QED) is 0.137. The zero-order valence-electron chi connectivity index (χ0n) is 48.8. The Morgan fingerprint density at radius 1 is 0.261 bits per heavy atom. The highest BCUT2D eigenvalue weighted by Crippen LogP contribution is 2.49. The van der Waals surface area contributed by atoms with E-state index in [4.69, 9.17) is 15.0 Å². The maximum atomic E-state index is 17.4. The normalized spacial score (nSPS) is 11.8. The number of rotatable bonds is 10. The van der Waals surface area contributed by atoms with Gasteiger partial charge >= 0.3 is 6.18 Å². The highest BCUT2D eigenvalue weighted by Gasteiger charge is 2.39. The second-order valence-corrected chi connectivity index (χ2v) is 22.8. The molecule has 0 N–H and O–H groups in total. The first-order valence-corrected chi connectivity index (χ1v) is 29.6. The largest absolute Gasteiger partial charge is 0.419 e. The van der Waals surface area contributed by atoms with Crippen molar-refractivity contribution in [3.05, 3.63) is 295 Å². The second kappa shape index (κ2) is 21.5. The van der Waals surface area contributed by atoms with Crippen LogP contribution >= 0.6 is 0 Å². The van der Waals surface area contributed by atoms with Crippen molar-refractivity contribution in [2.45, 2.75) is 33.9 Å². The molecule has 0 spiro atoms. The minimum absolute atomic E-state index is 0.000470. The van der Waals surface area contributed by atoms with Crippen molar-refractivity contribution in [1.82, 2.24) is 24.1 Å². The molecule has 3 aromatic heterocycles. The average molecular weight is 1140 g/mol. The lowest BCUT2D eigenvalue weighted by atomic mass is 9.93. The van der Waals surface area contributed by atoms with Crippen molar-refractivity contribution in [2.24, 2.45) is 0 Å². The van der Waals surface area contributed by atoms with Gasteiger partial charge < -0.3 is 9.13 Å². The smallest absolute Gasteiger partial charge is 0.309 e. The molecule has 0 radical (unpaired) electrons. The molecule has 0 bridgehead atoms. The zero-order chi connectivity index (χ0) is 59.8. The fourth-order valence-corrected chi connectivity index (χ4v) is 13.1. The van der Waals surface area contributed by atoms with E-state index >= 15 is 13.2 Å². The van der Waals surface area contributed by atoms with Crippen LogP contribution in [-0.2, 0) is 6.18 Å². The van der Waals surface area contributed by atoms with Crippen LogP contribution in [0.15, 0.2) is 267 Å². The third-order valence-electron chi connectivity index (χ3n) is 17.4. The molecule has 0 aliphatic heterocycles. The summed E-state index contributed by atoms with van der Waals surface area (Å²) in [5.74, 6) is 1.19. The van der Waals surface area contributed by atoms with Crippen molar-refractivity contribution in [3.63, 3.8) is 0 Å². The monoisotopic (exact) mass is 1140 g/mol. The van der Waals surface area contributed by atoms with E-state index < -0.39 is 11.7 Å². The van der Waals surface area contributed by atoms with Crippen molar-refractivity contribution in [2.75, 3.05) is 0 Å². The predicted octanol–water partition coefficient (Wildman–Crippen LogP) is 21.7. The van der Waals surface area contributed by atoms with Gasteiger partial charge in [0.2, 0.25) is 0 Å². The first kappa shape index (κ1) is 53.7. The molecule has 88 heavy (non-hydrogen) atoms. The fraction of sp³-hybridized carbons (Fsp3) is 0.0625. The molecule has 0 fully saturated rings. The lowest BCUT2D eigenvalue weighted by Gasteiger charge is -2.22. The summed E-state index contributed by atoms with van der Waals surface area (Å²) in [4.78, 5) is 15.2. The summed E-state index contributed by atoms with van der Waals surface area (Å²) < 4.78 is 56.0. The second-order valence-electron chi connectivity index (χ2n) is 22.8. The molecular formula is C80H56F3N5. The van der Waals surface area contributed by atoms with Gasteiger partial charge in [0.25, 0.3) is 0 Å². The minimum Gasteiger partial charge on any atom is -0.309 e. The predicted molar refractivity (Wildman–Crippen MR) is 356 cm³/mol. The van der Waals surface area contributed by atoms with Gasteiger partial charge in [-0.15, -0.1) is 0 Å². The van der Waals surface area contributed by atoms with Gasteiger partial charge in [-0.2, -0.15) is 13.2 Å². The summed E-state index contributed by atoms with van der Waals surface area (Å²) in [5.41, 5.74) is 17.9. The number of halogens is 3. The SMILES string of the molecule is Cc1ccccc1-c1ccc2c(c1)c1cc(-c3ccccc3C)ccc1n2-c1ccc(-c2nc(-c3ccccc3)nc(-c3ccccc3)n2)cc1-c1cccc(-n2c3ccc(-c4ccccc4C)cc3c3cc(-c4ccccc4C)ccc32)c1C(F)(F)F. The highest BCUT2D eigenvalue weighted by molar-refractivity contribution is 6.14. The van der Waals surface area contributed by atoms with E-state index in [1.807, 2.05) is 144 Å². The van der Waals surface area contributed by atoms with E-state index in [2.05, 4.69) is 141 Å². The lowest BCUT2D eigenvalue weighted by molar-refractivity contribution is -0.136. The van der Waals surface area contributed by atoms with Crippen LogP contribution in [0.25, 0.3) is 145 Å². The van der Waals surface area contributed by atoms with E-state index in [1.165, 1.54) is 0 Å². The Kier molecular flexibility index (Phi) is 13.1. The number of fused-ring (bicyclic) bond motifs is 6. The Labute approximate surface area is 508 Å². The van der Waals surface area contributed by atoms with Crippen LogP contribution < -0.4 is 0 Å². The minimum atomic E-state index is -4.88. The van der Waals surface area contributed by atoms with Gasteiger partial charge in [0.1, 0.15) is 0 Å². The maximum absolute atomic E-state index is 17.4. The highest BCUT2D eigenvalue weighted by atomic mass is 19.4. The van der Waals surface area contributed by atoms with Gasteiger partial charge in [-0.25, -0.2) is 15.0 Å². The molecule has 422 valence electrons. The molecular weight excluding hydrogens is 1090 g/mol. The molecule has 3 heterocycles. The van der Waals surface area contributed by atoms with Crippen molar-refractivity contribution in [3.8, 4) is 101 Å². The van der Waals surface area contributed by atoms with Crippen LogP contribution in [0.3, 0.4) is 0 Å². The van der Waals surface area contributed by atoms with Gasteiger partial charge in [-0.1, -0.05) is 194 Å². The topological polar surface area (TPSA) is 48.5 Å². The molecule has 0 aliphatic rings. The fourth-order valence-electron chi connectivity index (χ4n) is 13.1. The number of hydrogen-bond donors (Lipinski definition) is 0. The van der Waals surface area contributed by atoms with E-state index in [9.17, 15) is 0 Å². The molecule has 12 aromatic carbocycles. The maximum Gasteiger partial charge on any atom is 0.419 e. The Morgan fingerprint density at radius 2 is 0.580 bits per heavy atom. The Bertz CT molecular complexity index is 4990. The number of alkyl halides is 3. The van der Waals surface area contributed by atoms with Crippen LogP contribution in [0, 0.1) is 27.7 Å². The first-order valence-electron chi connectivity index (χ1n) is 29.6. The number of nitrogens with zero attached hydrogens (tertiary/aromatic N) is 5. The molecule has 0 saturated carbocycles. The molecule has 15 rings (SSSR count). The summed E-state index contributed by atoms with van der Waals surface area (Å²) in [6.45, 7) is 8.39. The lowest BCUT2D eigenvalue weighted by Crippen LogP contribution is -2.13. The first-order chi connectivity index (χ1) is 42.9. The third kappa shape index (κ3) is 9.32. The van der Waals surface area contributed by atoms with E-state index in [0.29, 0.717) is 45.3 Å². The summed E-state index contributed by atoms with van der Waals surface area (Å²) in [6, 6.07) is 88.4. The summed E-state index contributed by atoms with van der Waals surface area (Å²) in [5, 5.41) is 3.60. The van der Waals surface area contributed by atoms with Crippen molar-refractivity contribution >= 4 is 43.6 Å². The number of aromatic nitrogens is 5. The van der Waals surface area contributed by atoms with Crippen LogP contribution in [-0.4, -0.2) is 24.1 Å². The number of aryl methyl sites for hydroxylation is 4. The van der Waals surface area contributed by atoms with Gasteiger partial charge in [-0.05, 0) is 173 Å². The van der Waals surface area contributed by atoms with E-state index in [1.54, 1.807) is 18.2 Å². The average Bonchev–Trinajstić information content (AvgIpc) is 1.64.